The Morgan fingerprint density at radius 2 is 2.18 bits per heavy atom. The van der Waals surface area contributed by atoms with E-state index in [4.69, 9.17) is 0 Å². The zero-order chi connectivity index (χ0) is 15.4. The molecule has 1 aromatic heterocycles. The van der Waals surface area contributed by atoms with Crippen LogP contribution in [0.2, 0.25) is 0 Å². The molecule has 0 spiro atoms. The zero-order valence-electron chi connectivity index (χ0n) is 12.6. The summed E-state index contributed by atoms with van der Waals surface area (Å²) in [5.41, 5.74) is 1.18. The lowest BCUT2D eigenvalue weighted by Gasteiger charge is -2.36. The molecule has 0 saturated carbocycles. The van der Waals surface area contributed by atoms with E-state index < -0.39 is 0 Å². The summed E-state index contributed by atoms with van der Waals surface area (Å²) in [5, 5.41) is 3.00. The predicted molar refractivity (Wildman–Crippen MR) is 81.4 cm³/mol. The lowest BCUT2D eigenvalue weighted by molar-refractivity contribution is 0.211. The second kappa shape index (κ2) is 4.59. The number of piperidine rings is 1. The first-order chi connectivity index (χ1) is 10.6. The third kappa shape index (κ3) is 1.77. The number of rotatable bonds is 1. The highest BCUT2D eigenvalue weighted by Crippen LogP contribution is 2.28. The second-order valence-corrected chi connectivity index (χ2v) is 6.05. The molecule has 1 aromatic carbocycles. The van der Waals surface area contributed by atoms with Crippen molar-refractivity contribution in [2.45, 2.75) is 18.5 Å². The van der Waals surface area contributed by atoms with E-state index in [-0.39, 0.29) is 23.9 Å². The Kier molecular flexibility index (Phi) is 2.79. The predicted octanol–water partition coefficient (Wildman–Crippen LogP) is 1.31. The van der Waals surface area contributed by atoms with Gasteiger partial charge in [-0.1, -0.05) is 6.07 Å². The molecule has 2 fully saturated rings. The van der Waals surface area contributed by atoms with Gasteiger partial charge in [0, 0.05) is 27.2 Å². The van der Waals surface area contributed by atoms with Gasteiger partial charge in [-0.2, -0.15) is 0 Å². The fourth-order valence-corrected chi connectivity index (χ4v) is 3.59. The Morgan fingerprint density at radius 1 is 1.36 bits per heavy atom. The van der Waals surface area contributed by atoms with Crippen molar-refractivity contribution in [3.8, 4) is 0 Å². The molecule has 7 heteroatoms. The number of urea groups is 1. The number of aromatic nitrogens is 2. The molecule has 0 aliphatic carbocycles. The highest BCUT2D eigenvalue weighted by molar-refractivity contribution is 5.80. The number of carbonyl (C=O) groups excluding carboxylic acids is 1. The topological polar surface area (TPSA) is 53.4 Å². The highest BCUT2D eigenvalue weighted by atomic mass is 19.1. The SMILES string of the molecule is CN1C(=O)N[C@@H]2CN(c3nc4c(F)cccc4n3C)CC[C@@H]21. The van der Waals surface area contributed by atoms with Crippen LogP contribution in [0.5, 0.6) is 0 Å². The van der Waals surface area contributed by atoms with Crippen LogP contribution in [0.3, 0.4) is 0 Å². The summed E-state index contributed by atoms with van der Waals surface area (Å²) < 4.78 is 15.8. The van der Waals surface area contributed by atoms with Crippen molar-refractivity contribution in [2.24, 2.45) is 7.05 Å². The molecule has 0 bridgehead atoms. The number of fused-ring (bicyclic) bond motifs is 2. The molecule has 116 valence electrons. The van der Waals surface area contributed by atoms with Crippen LogP contribution < -0.4 is 10.2 Å². The molecular formula is C15H18FN5O. The van der Waals surface area contributed by atoms with Gasteiger partial charge in [0.05, 0.1) is 17.6 Å². The molecular weight excluding hydrogens is 285 g/mol. The van der Waals surface area contributed by atoms with Crippen molar-refractivity contribution in [1.82, 2.24) is 19.8 Å². The van der Waals surface area contributed by atoms with Gasteiger partial charge in [0.1, 0.15) is 5.52 Å². The number of aryl methyl sites for hydroxylation is 1. The van der Waals surface area contributed by atoms with E-state index in [1.165, 1.54) is 6.07 Å². The maximum Gasteiger partial charge on any atom is 0.317 e. The van der Waals surface area contributed by atoms with Crippen LogP contribution in [-0.2, 0) is 7.05 Å². The molecule has 2 saturated heterocycles. The number of hydrogen-bond donors (Lipinski definition) is 1. The molecule has 2 atom stereocenters. The number of halogens is 1. The summed E-state index contributed by atoms with van der Waals surface area (Å²) >= 11 is 0. The molecule has 1 N–H and O–H groups in total. The van der Waals surface area contributed by atoms with Crippen LogP contribution in [0.15, 0.2) is 18.2 Å². The number of likely N-dealkylation sites (N-methyl/N-ethyl adjacent to an activating group) is 1. The number of nitrogens with one attached hydrogen (secondary N) is 1. The molecule has 2 aromatic rings. The summed E-state index contributed by atoms with van der Waals surface area (Å²) in [5.74, 6) is 0.450. The Labute approximate surface area is 127 Å². The minimum Gasteiger partial charge on any atom is -0.340 e. The number of para-hydroxylation sites is 1. The van der Waals surface area contributed by atoms with Gasteiger partial charge in [0.2, 0.25) is 5.95 Å². The quantitative estimate of drug-likeness (QED) is 0.864. The zero-order valence-corrected chi connectivity index (χ0v) is 12.6. The molecule has 2 aliphatic heterocycles. The Balaban J connectivity index is 1.68. The van der Waals surface area contributed by atoms with Crippen LogP contribution in [0.4, 0.5) is 15.1 Å². The van der Waals surface area contributed by atoms with E-state index in [2.05, 4.69) is 15.2 Å². The van der Waals surface area contributed by atoms with Crippen molar-refractivity contribution in [3.05, 3.63) is 24.0 Å². The largest absolute Gasteiger partial charge is 0.340 e. The van der Waals surface area contributed by atoms with Gasteiger partial charge in [-0.15, -0.1) is 0 Å². The fourth-order valence-electron chi connectivity index (χ4n) is 3.59. The highest BCUT2D eigenvalue weighted by Gasteiger charge is 2.41. The van der Waals surface area contributed by atoms with Gasteiger partial charge in [0.15, 0.2) is 5.82 Å². The molecule has 0 radical (unpaired) electrons. The molecule has 4 rings (SSSR count). The number of benzene rings is 1. The average molecular weight is 303 g/mol. The summed E-state index contributed by atoms with van der Waals surface area (Å²) in [7, 11) is 3.73. The van der Waals surface area contributed by atoms with Crippen LogP contribution >= 0.6 is 0 Å². The second-order valence-electron chi connectivity index (χ2n) is 6.05. The Hall–Kier alpha value is -2.31. The number of imidazole rings is 1. The number of carbonyl (C=O) groups is 1. The maximum atomic E-state index is 13.9. The Bertz CT molecular complexity index is 758. The first-order valence-corrected chi connectivity index (χ1v) is 7.45. The third-order valence-corrected chi connectivity index (χ3v) is 4.82. The van der Waals surface area contributed by atoms with Gasteiger partial charge >= 0.3 is 6.03 Å². The van der Waals surface area contributed by atoms with E-state index in [1.807, 2.05) is 24.7 Å². The first kappa shape index (κ1) is 13.4. The van der Waals surface area contributed by atoms with E-state index >= 15 is 0 Å². The van der Waals surface area contributed by atoms with Crippen LogP contribution in [0, 0.1) is 5.82 Å². The molecule has 22 heavy (non-hydrogen) atoms. The average Bonchev–Trinajstić information content (AvgIpc) is 2.99. The molecule has 2 amide bonds. The van der Waals surface area contributed by atoms with Crippen molar-refractivity contribution < 1.29 is 9.18 Å². The van der Waals surface area contributed by atoms with E-state index in [9.17, 15) is 9.18 Å². The number of amides is 2. The fraction of sp³-hybridized carbons (Fsp3) is 0.467. The van der Waals surface area contributed by atoms with Crippen molar-refractivity contribution in [3.63, 3.8) is 0 Å². The van der Waals surface area contributed by atoms with Gasteiger partial charge in [-0.05, 0) is 18.6 Å². The minimum atomic E-state index is -0.303. The Morgan fingerprint density at radius 3 is 2.95 bits per heavy atom. The smallest absolute Gasteiger partial charge is 0.317 e. The van der Waals surface area contributed by atoms with Crippen molar-refractivity contribution >= 4 is 23.0 Å². The van der Waals surface area contributed by atoms with Gasteiger partial charge in [0.25, 0.3) is 0 Å². The standard InChI is InChI=1S/C15H18FN5O/c1-19-12-5-3-4-9(16)13(12)18-14(19)21-7-6-11-10(8-21)17-15(22)20(11)2/h3-5,10-11H,6-8H2,1-2H3,(H,17,22)/t10-,11+/m1/s1. The monoisotopic (exact) mass is 303 g/mol. The summed E-state index contributed by atoms with van der Waals surface area (Å²) in [6.45, 7) is 1.50. The summed E-state index contributed by atoms with van der Waals surface area (Å²) in [6, 6.07) is 5.30. The summed E-state index contributed by atoms with van der Waals surface area (Å²) in [6.07, 6.45) is 0.881. The van der Waals surface area contributed by atoms with Gasteiger partial charge < -0.3 is 19.7 Å². The minimum absolute atomic E-state index is 0.0205. The molecule has 0 unspecified atom stereocenters. The maximum absolute atomic E-state index is 13.9. The first-order valence-electron chi connectivity index (χ1n) is 7.45. The molecule has 3 heterocycles. The van der Waals surface area contributed by atoms with Crippen LogP contribution in [-0.4, -0.2) is 52.7 Å². The number of hydrogen-bond acceptors (Lipinski definition) is 3. The van der Waals surface area contributed by atoms with Crippen molar-refractivity contribution in [1.29, 1.82) is 0 Å². The third-order valence-electron chi connectivity index (χ3n) is 4.82. The lowest BCUT2D eigenvalue weighted by atomic mass is 10.0. The van der Waals surface area contributed by atoms with Crippen LogP contribution in [0.25, 0.3) is 11.0 Å². The van der Waals surface area contributed by atoms with Crippen molar-refractivity contribution in [2.75, 3.05) is 25.0 Å². The summed E-state index contributed by atoms with van der Waals surface area (Å²) in [4.78, 5) is 20.1. The van der Waals surface area contributed by atoms with Gasteiger partial charge in [-0.25, -0.2) is 14.2 Å². The molecule has 6 nitrogen and oxygen atoms in total. The van der Waals surface area contributed by atoms with E-state index in [0.717, 1.165) is 24.4 Å². The normalized spacial score (nSPS) is 24.8. The molecule has 2 aliphatic rings. The van der Waals surface area contributed by atoms with E-state index in [1.54, 1.807) is 11.0 Å². The lowest BCUT2D eigenvalue weighted by Crippen LogP contribution is -2.51. The van der Waals surface area contributed by atoms with E-state index in [0.29, 0.717) is 12.1 Å². The number of nitrogens with zero attached hydrogens (tertiary/aromatic N) is 4. The number of anilines is 1. The van der Waals surface area contributed by atoms with Gasteiger partial charge in [-0.3, -0.25) is 0 Å². The van der Waals surface area contributed by atoms with Crippen LogP contribution in [0.1, 0.15) is 6.42 Å².